The van der Waals surface area contributed by atoms with E-state index < -0.39 is 0 Å². The monoisotopic (exact) mass is 293 g/mol. The van der Waals surface area contributed by atoms with Crippen molar-refractivity contribution < 1.29 is 4.74 Å². The number of hydrogen-bond acceptors (Lipinski definition) is 1. The molecule has 1 saturated heterocycles. The standard InChI is InChI=1S/C15H13Cl2NO/c16-9-1-3-14-12(5-9)13-6-10(17)2-4-15(13)18(14)7-11-8-19-11/h1-5,10-11H,6-8H2. The highest BCUT2D eigenvalue weighted by Gasteiger charge is 2.27. The van der Waals surface area contributed by atoms with Crippen LogP contribution in [0.5, 0.6) is 0 Å². The quantitative estimate of drug-likeness (QED) is 0.607. The number of hydrogen-bond donors (Lipinski definition) is 0. The lowest BCUT2D eigenvalue weighted by Crippen LogP contribution is -2.10. The van der Waals surface area contributed by atoms with Crippen LogP contribution in [0.1, 0.15) is 11.3 Å². The number of benzene rings is 1. The summed E-state index contributed by atoms with van der Waals surface area (Å²) in [6.45, 7) is 1.77. The lowest BCUT2D eigenvalue weighted by Gasteiger charge is -2.13. The molecule has 0 N–H and O–H groups in total. The minimum atomic E-state index is 0.0720. The highest BCUT2D eigenvalue weighted by atomic mass is 35.5. The van der Waals surface area contributed by atoms with Crippen molar-refractivity contribution in [1.82, 2.24) is 4.57 Å². The van der Waals surface area contributed by atoms with Gasteiger partial charge in [-0.1, -0.05) is 17.7 Å². The van der Waals surface area contributed by atoms with Crippen molar-refractivity contribution in [3.8, 4) is 0 Å². The van der Waals surface area contributed by atoms with E-state index >= 15 is 0 Å². The molecule has 2 aliphatic rings. The second-order valence-electron chi connectivity index (χ2n) is 5.17. The number of aromatic nitrogens is 1. The zero-order valence-corrected chi connectivity index (χ0v) is 11.8. The zero-order valence-electron chi connectivity index (χ0n) is 10.3. The molecule has 2 atom stereocenters. The predicted molar refractivity (Wildman–Crippen MR) is 79.1 cm³/mol. The molecule has 2 aromatic rings. The highest BCUT2D eigenvalue weighted by molar-refractivity contribution is 6.31. The van der Waals surface area contributed by atoms with Crippen molar-refractivity contribution in [1.29, 1.82) is 0 Å². The van der Waals surface area contributed by atoms with Gasteiger partial charge in [0.2, 0.25) is 0 Å². The van der Waals surface area contributed by atoms with E-state index in [1.165, 1.54) is 22.2 Å². The van der Waals surface area contributed by atoms with Crippen molar-refractivity contribution in [3.05, 3.63) is 40.6 Å². The Morgan fingerprint density at radius 1 is 1.37 bits per heavy atom. The van der Waals surface area contributed by atoms with E-state index in [9.17, 15) is 0 Å². The Morgan fingerprint density at radius 3 is 3.00 bits per heavy atom. The smallest absolute Gasteiger partial charge is 0.0988 e. The van der Waals surface area contributed by atoms with Crippen molar-refractivity contribution in [3.63, 3.8) is 0 Å². The van der Waals surface area contributed by atoms with Crippen LogP contribution in [0.3, 0.4) is 0 Å². The molecular weight excluding hydrogens is 281 g/mol. The molecular formula is C15H13Cl2NO. The van der Waals surface area contributed by atoms with Gasteiger partial charge in [0.1, 0.15) is 0 Å². The maximum atomic E-state index is 6.26. The highest BCUT2D eigenvalue weighted by Crippen LogP contribution is 2.35. The SMILES string of the molecule is Clc1ccc2c(c1)c1c(n2CC2CO2)C=CC(Cl)C1. The Labute approximate surface area is 121 Å². The molecule has 1 aromatic carbocycles. The molecule has 0 radical (unpaired) electrons. The summed E-state index contributed by atoms with van der Waals surface area (Å²) in [5.74, 6) is 0. The third kappa shape index (κ3) is 1.99. The van der Waals surface area contributed by atoms with Crippen LogP contribution in [0.25, 0.3) is 17.0 Å². The normalized spacial score (nSPS) is 24.7. The molecule has 2 unspecified atom stereocenters. The third-order valence-corrected chi connectivity index (χ3v) is 4.36. The summed E-state index contributed by atoms with van der Waals surface area (Å²) < 4.78 is 7.70. The topological polar surface area (TPSA) is 17.5 Å². The summed E-state index contributed by atoms with van der Waals surface area (Å²) in [6, 6.07) is 6.08. The first-order chi connectivity index (χ1) is 9.22. The average molecular weight is 294 g/mol. The van der Waals surface area contributed by atoms with Gasteiger partial charge in [0.15, 0.2) is 0 Å². The Balaban J connectivity index is 1.97. The number of fused-ring (bicyclic) bond motifs is 3. The number of halogens is 2. The Morgan fingerprint density at radius 2 is 2.21 bits per heavy atom. The van der Waals surface area contributed by atoms with Gasteiger partial charge in [-0.05, 0) is 36.3 Å². The summed E-state index contributed by atoms with van der Waals surface area (Å²) in [5.41, 5.74) is 3.78. The molecule has 0 amide bonds. The van der Waals surface area contributed by atoms with Crippen LogP contribution >= 0.6 is 23.2 Å². The summed E-state index contributed by atoms with van der Waals surface area (Å²) in [5, 5.41) is 2.07. The van der Waals surface area contributed by atoms with Gasteiger partial charge in [0.25, 0.3) is 0 Å². The van der Waals surface area contributed by atoms with Crippen molar-refractivity contribution in [2.24, 2.45) is 0 Å². The van der Waals surface area contributed by atoms with Gasteiger partial charge in [0.05, 0.1) is 24.6 Å². The van der Waals surface area contributed by atoms with Crippen molar-refractivity contribution in [2.45, 2.75) is 24.4 Å². The van der Waals surface area contributed by atoms with E-state index in [-0.39, 0.29) is 5.38 Å². The molecule has 1 aromatic heterocycles. The first-order valence-electron chi connectivity index (χ1n) is 6.47. The fourth-order valence-electron chi connectivity index (χ4n) is 2.85. The average Bonchev–Trinajstić information content (AvgIpc) is 3.16. The van der Waals surface area contributed by atoms with Gasteiger partial charge in [-0.2, -0.15) is 0 Å². The van der Waals surface area contributed by atoms with E-state index in [2.05, 4.69) is 22.8 Å². The van der Waals surface area contributed by atoms with Gasteiger partial charge >= 0.3 is 0 Å². The van der Waals surface area contributed by atoms with Crippen LogP contribution in [0.15, 0.2) is 24.3 Å². The van der Waals surface area contributed by atoms with Crippen LogP contribution in [-0.2, 0) is 17.7 Å². The summed E-state index contributed by atoms with van der Waals surface area (Å²) >= 11 is 12.4. The number of epoxide rings is 1. The molecule has 98 valence electrons. The Bertz CT molecular complexity index is 685. The fourth-order valence-corrected chi connectivity index (χ4v) is 3.25. The number of alkyl halides is 1. The van der Waals surface area contributed by atoms with Crippen LogP contribution in [-0.4, -0.2) is 22.7 Å². The largest absolute Gasteiger partial charge is 0.371 e. The van der Waals surface area contributed by atoms with Crippen molar-refractivity contribution in [2.75, 3.05) is 6.61 Å². The molecule has 0 spiro atoms. The van der Waals surface area contributed by atoms with E-state index in [0.29, 0.717) is 6.10 Å². The second-order valence-corrected chi connectivity index (χ2v) is 6.17. The molecule has 19 heavy (non-hydrogen) atoms. The van der Waals surface area contributed by atoms with E-state index in [1.54, 1.807) is 0 Å². The van der Waals surface area contributed by atoms with Crippen LogP contribution in [0.4, 0.5) is 0 Å². The van der Waals surface area contributed by atoms with Gasteiger partial charge in [-0.15, -0.1) is 11.6 Å². The molecule has 1 aliphatic heterocycles. The maximum Gasteiger partial charge on any atom is 0.0988 e. The van der Waals surface area contributed by atoms with Gasteiger partial charge < -0.3 is 9.30 Å². The zero-order chi connectivity index (χ0) is 13.0. The molecule has 1 fully saturated rings. The summed E-state index contributed by atoms with van der Waals surface area (Å²) in [4.78, 5) is 0. The first-order valence-corrected chi connectivity index (χ1v) is 7.28. The summed E-state index contributed by atoms with van der Waals surface area (Å²) in [7, 11) is 0. The molecule has 4 heteroatoms. The van der Waals surface area contributed by atoms with E-state index in [0.717, 1.165) is 24.6 Å². The lowest BCUT2D eigenvalue weighted by atomic mass is 10.0. The van der Waals surface area contributed by atoms with Crippen LogP contribution < -0.4 is 0 Å². The third-order valence-electron chi connectivity index (χ3n) is 3.83. The minimum Gasteiger partial charge on any atom is -0.371 e. The predicted octanol–water partition coefficient (Wildman–Crippen LogP) is 3.87. The lowest BCUT2D eigenvalue weighted by molar-refractivity contribution is 0.385. The number of nitrogens with zero attached hydrogens (tertiary/aromatic N) is 1. The number of ether oxygens (including phenoxy) is 1. The Kier molecular flexibility index (Phi) is 2.66. The van der Waals surface area contributed by atoms with Gasteiger partial charge in [0, 0.05) is 21.6 Å². The minimum absolute atomic E-state index is 0.0720. The van der Waals surface area contributed by atoms with Crippen molar-refractivity contribution >= 4 is 40.2 Å². The van der Waals surface area contributed by atoms with Crippen LogP contribution in [0.2, 0.25) is 5.02 Å². The molecule has 0 bridgehead atoms. The fraction of sp³-hybridized carbons (Fsp3) is 0.333. The number of rotatable bonds is 2. The first kappa shape index (κ1) is 11.8. The molecule has 2 nitrogen and oxygen atoms in total. The van der Waals surface area contributed by atoms with Crippen LogP contribution in [0, 0.1) is 0 Å². The van der Waals surface area contributed by atoms with E-state index in [1.807, 2.05) is 12.1 Å². The Hall–Kier alpha value is -0.960. The number of allylic oxidation sites excluding steroid dienone is 1. The molecule has 2 heterocycles. The maximum absolute atomic E-state index is 6.26. The molecule has 4 rings (SSSR count). The van der Waals surface area contributed by atoms with Gasteiger partial charge in [-0.25, -0.2) is 0 Å². The van der Waals surface area contributed by atoms with Gasteiger partial charge in [-0.3, -0.25) is 0 Å². The second kappa shape index (κ2) is 4.27. The molecule has 0 saturated carbocycles. The van der Waals surface area contributed by atoms with E-state index in [4.69, 9.17) is 27.9 Å². The summed E-state index contributed by atoms with van der Waals surface area (Å²) in [6.07, 6.45) is 5.42. The molecule has 1 aliphatic carbocycles.